The topological polar surface area (TPSA) is 50.2 Å². The predicted octanol–water partition coefficient (Wildman–Crippen LogP) is 3.74. The normalized spacial score (nSPS) is 10.7. The van der Waals surface area contributed by atoms with Crippen molar-refractivity contribution < 1.29 is 14.3 Å². The van der Waals surface area contributed by atoms with Crippen LogP contribution in [0.4, 0.5) is 4.39 Å². The van der Waals surface area contributed by atoms with Gasteiger partial charge in [-0.3, -0.25) is 4.98 Å². The molecule has 1 heterocycles. The molecule has 0 amide bonds. The summed E-state index contributed by atoms with van der Waals surface area (Å²) in [6.45, 7) is 0. The molecule has 0 bridgehead atoms. The number of carboxylic acid groups (broad SMARTS) is 1. The van der Waals surface area contributed by atoms with Gasteiger partial charge in [0.05, 0.1) is 11.1 Å². The summed E-state index contributed by atoms with van der Waals surface area (Å²) in [6, 6.07) is 13.4. The van der Waals surface area contributed by atoms with Gasteiger partial charge in [0.25, 0.3) is 0 Å². The van der Waals surface area contributed by atoms with Crippen molar-refractivity contribution in [2.24, 2.45) is 0 Å². The van der Waals surface area contributed by atoms with Gasteiger partial charge in [-0.15, -0.1) is 0 Å². The zero-order valence-electron chi connectivity index (χ0n) is 10.4. The molecule has 0 saturated heterocycles. The molecule has 1 N–H and O–H groups in total. The summed E-state index contributed by atoms with van der Waals surface area (Å²) in [6.07, 6.45) is 1.69. The molecule has 3 nitrogen and oxygen atoms in total. The summed E-state index contributed by atoms with van der Waals surface area (Å²) in [5, 5.41) is 9.84. The second-order valence-electron chi connectivity index (χ2n) is 4.38. The molecule has 0 fully saturated rings. The number of hydrogen-bond donors (Lipinski definition) is 1. The Labute approximate surface area is 114 Å². The molecule has 0 radical (unpaired) electrons. The predicted molar refractivity (Wildman–Crippen MR) is 74.1 cm³/mol. The lowest BCUT2D eigenvalue weighted by molar-refractivity contribution is 0.0692. The van der Waals surface area contributed by atoms with Gasteiger partial charge in [-0.05, 0) is 29.8 Å². The van der Waals surface area contributed by atoms with Crippen molar-refractivity contribution in [3.8, 4) is 11.1 Å². The molecule has 3 aromatic rings. The van der Waals surface area contributed by atoms with Gasteiger partial charge in [0.15, 0.2) is 0 Å². The maximum atomic E-state index is 14.2. The van der Waals surface area contributed by atoms with E-state index in [0.717, 1.165) is 10.9 Å². The minimum atomic E-state index is -1.27. The average Bonchev–Trinajstić information content (AvgIpc) is 2.46. The number of fused-ring (bicyclic) bond motifs is 1. The molecule has 1 aromatic heterocycles. The molecule has 0 aliphatic rings. The Bertz CT molecular complexity index is 814. The molecule has 0 aliphatic heterocycles. The fraction of sp³-hybridized carbons (Fsp3) is 0. The van der Waals surface area contributed by atoms with E-state index in [1.54, 1.807) is 36.5 Å². The van der Waals surface area contributed by atoms with Crippen molar-refractivity contribution in [2.75, 3.05) is 0 Å². The first kappa shape index (κ1) is 12.3. The van der Waals surface area contributed by atoms with E-state index in [-0.39, 0.29) is 11.1 Å². The lowest BCUT2D eigenvalue weighted by Crippen LogP contribution is -2.01. The van der Waals surface area contributed by atoms with E-state index in [4.69, 9.17) is 5.11 Å². The highest BCUT2D eigenvalue weighted by Crippen LogP contribution is 2.27. The molecule has 20 heavy (non-hydrogen) atoms. The number of pyridine rings is 1. The minimum absolute atomic E-state index is 0.274. The molecule has 2 aromatic carbocycles. The first-order valence-corrected chi connectivity index (χ1v) is 6.04. The third kappa shape index (κ3) is 2.01. The molecule has 98 valence electrons. The first-order valence-electron chi connectivity index (χ1n) is 6.04. The van der Waals surface area contributed by atoms with Crippen LogP contribution < -0.4 is 0 Å². The highest BCUT2D eigenvalue weighted by Gasteiger charge is 2.14. The number of aromatic carboxylic acids is 1. The molecular weight excluding hydrogens is 257 g/mol. The zero-order valence-corrected chi connectivity index (χ0v) is 10.4. The highest BCUT2D eigenvalue weighted by molar-refractivity contribution is 5.91. The van der Waals surface area contributed by atoms with Crippen molar-refractivity contribution in [2.45, 2.75) is 0 Å². The summed E-state index contributed by atoms with van der Waals surface area (Å²) < 4.78 is 14.2. The SMILES string of the molecule is O=C(O)c1cccc(-c2ccc3ncccc3c2)c1F. The number of benzene rings is 2. The van der Waals surface area contributed by atoms with Crippen LogP contribution >= 0.6 is 0 Å². The number of aromatic nitrogens is 1. The number of carboxylic acids is 1. The van der Waals surface area contributed by atoms with E-state index in [1.165, 1.54) is 12.1 Å². The van der Waals surface area contributed by atoms with Crippen LogP contribution in [-0.4, -0.2) is 16.1 Å². The Kier molecular flexibility index (Phi) is 2.91. The van der Waals surface area contributed by atoms with Gasteiger partial charge in [0, 0.05) is 17.1 Å². The number of nitrogens with zero attached hydrogens (tertiary/aromatic N) is 1. The molecule has 0 aliphatic carbocycles. The van der Waals surface area contributed by atoms with E-state index in [9.17, 15) is 9.18 Å². The van der Waals surface area contributed by atoms with E-state index < -0.39 is 11.8 Å². The van der Waals surface area contributed by atoms with E-state index >= 15 is 0 Å². The van der Waals surface area contributed by atoms with Crippen LogP contribution in [-0.2, 0) is 0 Å². The summed E-state index contributed by atoms with van der Waals surface area (Å²) in [5.41, 5.74) is 1.39. The molecule has 0 unspecified atom stereocenters. The second-order valence-corrected chi connectivity index (χ2v) is 4.38. The van der Waals surface area contributed by atoms with E-state index in [2.05, 4.69) is 4.98 Å². The van der Waals surface area contributed by atoms with Crippen LogP contribution in [0.15, 0.2) is 54.7 Å². The number of carbonyl (C=O) groups is 1. The molecule has 0 spiro atoms. The lowest BCUT2D eigenvalue weighted by Gasteiger charge is -2.07. The zero-order chi connectivity index (χ0) is 14.1. The Hall–Kier alpha value is -2.75. The van der Waals surface area contributed by atoms with Crippen molar-refractivity contribution in [3.05, 3.63) is 66.1 Å². The van der Waals surface area contributed by atoms with Gasteiger partial charge >= 0.3 is 5.97 Å². The molecule has 0 saturated carbocycles. The number of rotatable bonds is 2. The maximum Gasteiger partial charge on any atom is 0.338 e. The minimum Gasteiger partial charge on any atom is -0.478 e. The first-order chi connectivity index (χ1) is 9.66. The summed E-state index contributed by atoms with van der Waals surface area (Å²) in [5.74, 6) is -1.99. The Balaban J connectivity index is 2.20. The molecular formula is C16H10FNO2. The van der Waals surface area contributed by atoms with Gasteiger partial charge in [-0.2, -0.15) is 0 Å². The van der Waals surface area contributed by atoms with Crippen LogP contribution in [0.25, 0.3) is 22.0 Å². The van der Waals surface area contributed by atoms with Gasteiger partial charge in [0.2, 0.25) is 0 Å². The van der Waals surface area contributed by atoms with Gasteiger partial charge < -0.3 is 5.11 Å². The summed E-state index contributed by atoms with van der Waals surface area (Å²) >= 11 is 0. The number of hydrogen-bond acceptors (Lipinski definition) is 2. The van der Waals surface area contributed by atoms with Crippen LogP contribution in [0, 0.1) is 5.82 Å². The summed E-state index contributed by atoms with van der Waals surface area (Å²) in [4.78, 5) is 15.2. The lowest BCUT2D eigenvalue weighted by atomic mass is 10.0. The van der Waals surface area contributed by atoms with E-state index in [0.29, 0.717) is 5.56 Å². The Morgan fingerprint density at radius 3 is 2.75 bits per heavy atom. The smallest absolute Gasteiger partial charge is 0.338 e. The number of halogens is 1. The van der Waals surface area contributed by atoms with Crippen LogP contribution in [0.1, 0.15) is 10.4 Å². The van der Waals surface area contributed by atoms with Crippen molar-refractivity contribution >= 4 is 16.9 Å². The van der Waals surface area contributed by atoms with Crippen LogP contribution in [0.3, 0.4) is 0 Å². The van der Waals surface area contributed by atoms with Crippen molar-refractivity contribution in [1.29, 1.82) is 0 Å². The van der Waals surface area contributed by atoms with Gasteiger partial charge in [0.1, 0.15) is 5.82 Å². The fourth-order valence-corrected chi connectivity index (χ4v) is 2.16. The molecule has 3 rings (SSSR count). The molecule has 0 atom stereocenters. The maximum absolute atomic E-state index is 14.2. The highest BCUT2D eigenvalue weighted by atomic mass is 19.1. The third-order valence-electron chi connectivity index (χ3n) is 3.14. The van der Waals surface area contributed by atoms with Gasteiger partial charge in [-0.25, -0.2) is 9.18 Å². The van der Waals surface area contributed by atoms with Crippen molar-refractivity contribution in [3.63, 3.8) is 0 Å². The monoisotopic (exact) mass is 267 g/mol. The second kappa shape index (κ2) is 4.74. The van der Waals surface area contributed by atoms with Crippen LogP contribution in [0.2, 0.25) is 0 Å². The Morgan fingerprint density at radius 2 is 1.95 bits per heavy atom. The van der Waals surface area contributed by atoms with E-state index in [1.807, 2.05) is 6.07 Å². The van der Waals surface area contributed by atoms with Gasteiger partial charge in [-0.1, -0.05) is 24.3 Å². The third-order valence-corrected chi connectivity index (χ3v) is 3.14. The Morgan fingerprint density at radius 1 is 1.10 bits per heavy atom. The summed E-state index contributed by atoms with van der Waals surface area (Å²) in [7, 11) is 0. The standard InChI is InChI=1S/C16H10FNO2/c17-15-12(4-1-5-13(15)16(19)20)10-6-7-14-11(9-10)3-2-8-18-14/h1-9H,(H,19,20). The van der Waals surface area contributed by atoms with Crippen LogP contribution in [0.5, 0.6) is 0 Å². The average molecular weight is 267 g/mol. The molecule has 4 heteroatoms. The largest absolute Gasteiger partial charge is 0.478 e. The fourth-order valence-electron chi connectivity index (χ4n) is 2.16. The van der Waals surface area contributed by atoms with Crippen molar-refractivity contribution in [1.82, 2.24) is 4.98 Å². The quantitative estimate of drug-likeness (QED) is 0.769.